The van der Waals surface area contributed by atoms with Crippen molar-refractivity contribution in [3.8, 4) is 33.6 Å². The molecule has 0 saturated heterocycles. The summed E-state index contributed by atoms with van der Waals surface area (Å²) in [5.74, 6) is 0.908. The molecule has 5 N–H and O–H groups in total. The Labute approximate surface area is 454 Å². The van der Waals surface area contributed by atoms with Crippen molar-refractivity contribution in [2.24, 2.45) is 0 Å². The van der Waals surface area contributed by atoms with Gasteiger partial charge in [-0.3, -0.25) is 14.8 Å². The molecule has 11 aromatic rings. The average molecular weight is 1240 g/mol. The van der Waals surface area contributed by atoms with Crippen molar-refractivity contribution in [3.63, 3.8) is 0 Å². The monoisotopic (exact) mass is 1240 g/mol. The molecule has 0 atom stereocenters. The van der Waals surface area contributed by atoms with Crippen LogP contribution in [0.1, 0.15) is 25.2 Å². The van der Waals surface area contributed by atoms with Crippen molar-refractivity contribution in [1.82, 2.24) is 24.9 Å². The number of hydrogen-bond acceptors (Lipinski definition) is 12. The topological polar surface area (TPSA) is 183 Å². The molecule has 0 unspecified atom stereocenters. The fourth-order valence-electron chi connectivity index (χ4n) is 6.46. The molecule has 71 heavy (non-hydrogen) atoms. The molecule has 353 valence electrons. The molecule has 0 amide bonds. The Kier molecular flexibility index (Phi) is 24.2. The second kappa shape index (κ2) is 29.4. The molecule has 0 saturated carbocycles. The van der Waals surface area contributed by atoms with Gasteiger partial charge in [0, 0.05) is 122 Å². The van der Waals surface area contributed by atoms with Gasteiger partial charge in [-0.15, -0.1) is 23.6 Å². The number of benzene rings is 5. The van der Waals surface area contributed by atoms with Gasteiger partial charge in [-0.25, -0.2) is 21.3 Å². The summed E-state index contributed by atoms with van der Waals surface area (Å²) in [7, 11) is 0. The first-order valence-electron chi connectivity index (χ1n) is 21.2. The van der Waals surface area contributed by atoms with Crippen LogP contribution < -0.4 is 0 Å². The fraction of sp³-hybridized carbons (Fsp3) is 0.0714. The van der Waals surface area contributed by atoms with Crippen LogP contribution in [0.3, 0.4) is 0 Å². The maximum absolute atomic E-state index is 10.0. The minimum atomic E-state index is -0.125. The van der Waals surface area contributed by atoms with Crippen molar-refractivity contribution in [1.29, 1.82) is 0 Å². The molecule has 0 spiro atoms. The largest absolute Gasteiger partial charge is 0.512 e. The van der Waals surface area contributed by atoms with Crippen LogP contribution >= 0.6 is 11.3 Å². The zero-order valence-corrected chi connectivity index (χ0v) is 48.6. The number of carbonyl (C=O) groups is 1. The van der Waals surface area contributed by atoms with E-state index in [-0.39, 0.29) is 93.6 Å². The number of rotatable bonds is 2. The minimum Gasteiger partial charge on any atom is -0.512 e. The number of phenols is 4. The van der Waals surface area contributed by atoms with Crippen LogP contribution in [0.15, 0.2) is 194 Å². The quantitative estimate of drug-likeness (QED) is 0.0481. The van der Waals surface area contributed by atoms with Crippen LogP contribution in [0.25, 0.3) is 64.3 Å². The van der Waals surface area contributed by atoms with Crippen LogP contribution in [0, 0.1) is 19.9 Å². The maximum Gasteiger partial charge on any atom is 0.155 e. The van der Waals surface area contributed by atoms with Crippen molar-refractivity contribution in [2.45, 2.75) is 27.7 Å². The van der Waals surface area contributed by atoms with Gasteiger partial charge in [0.2, 0.25) is 0 Å². The smallest absolute Gasteiger partial charge is 0.155 e. The van der Waals surface area contributed by atoms with E-state index in [0.717, 1.165) is 43.5 Å². The molecular weight excluding hydrogens is 1190 g/mol. The second-order valence-electron chi connectivity index (χ2n) is 15.0. The molecule has 0 aliphatic rings. The van der Waals surface area contributed by atoms with Crippen LogP contribution in [0.2, 0.25) is 0 Å². The Morgan fingerprint density at radius 1 is 0.493 bits per heavy atom. The Balaban J connectivity index is 0.000000226. The minimum absolute atomic E-state index is 0. The van der Waals surface area contributed by atoms with E-state index in [0.29, 0.717) is 22.1 Å². The van der Waals surface area contributed by atoms with E-state index in [1.54, 1.807) is 60.1 Å². The number of fused-ring (bicyclic) bond motifs is 5. The van der Waals surface area contributed by atoms with Crippen molar-refractivity contribution >= 4 is 70.8 Å². The molecule has 0 aliphatic carbocycles. The SMILES string of the molecule is CC(=O)C=C(C)O.Cc1ccc2cccc(O)c2n1.Cc1ccc2cccc(O)c2n1.Oc1cccc2cccnc12.Oc1cccc2cccnc12.[Ir].[Zn].[Zn].[c-]1c(-c2ccccn2)sc2ccccc12. The van der Waals surface area contributed by atoms with E-state index in [1.165, 1.54) is 30.0 Å². The molecular formula is C56H48IrN5O6SZn2-. The van der Waals surface area contributed by atoms with Gasteiger partial charge >= 0.3 is 0 Å². The molecule has 0 aliphatic heterocycles. The Hall–Kier alpha value is -6.84. The number of aryl methyl sites for hydroxylation is 2. The van der Waals surface area contributed by atoms with E-state index in [1.807, 2.05) is 129 Å². The summed E-state index contributed by atoms with van der Waals surface area (Å²) in [6.45, 7) is 6.67. The van der Waals surface area contributed by atoms with Gasteiger partial charge in [0.05, 0.1) is 5.76 Å². The van der Waals surface area contributed by atoms with Gasteiger partial charge in [-0.05, 0) is 91.9 Å². The summed E-state index contributed by atoms with van der Waals surface area (Å²) in [6.07, 6.45) is 6.32. The molecule has 0 bridgehead atoms. The summed E-state index contributed by atoms with van der Waals surface area (Å²) in [4.78, 5) is 32.0. The molecule has 15 heteroatoms. The summed E-state index contributed by atoms with van der Waals surface area (Å²) in [6, 6.07) is 54.4. The third kappa shape index (κ3) is 17.5. The number of pyridine rings is 5. The number of aliphatic hydroxyl groups is 1. The number of hydrogen-bond donors (Lipinski definition) is 5. The molecule has 0 fully saturated rings. The van der Waals surface area contributed by atoms with Gasteiger partial charge in [0.25, 0.3) is 0 Å². The number of nitrogens with zero attached hydrogens (tertiary/aromatic N) is 5. The van der Waals surface area contributed by atoms with Crippen molar-refractivity contribution in [2.75, 3.05) is 0 Å². The predicted molar refractivity (Wildman–Crippen MR) is 274 cm³/mol. The predicted octanol–water partition coefficient (Wildman–Crippen LogP) is 13.2. The van der Waals surface area contributed by atoms with Gasteiger partial charge in [-0.1, -0.05) is 97.1 Å². The molecule has 11 nitrogen and oxygen atoms in total. The normalized spacial score (nSPS) is 10.1. The number of aromatic hydroxyl groups is 4. The summed E-state index contributed by atoms with van der Waals surface area (Å²) >= 11 is 1.73. The first-order valence-corrected chi connectivity index (χ1v) is 22.0. The summed E-state index contributed by atoms with van der Waals surface area (Å²) in [5, 5.41) is 50.9. The molecule has 1 radical (unpaired) electrons. The van der Waals surface area contributed by atoms with Crippen LogP contribution in [-0.4, -0.2) is 56.2 Å². The van der Waals surface area contributed by atoms with E-state index < -0.39 is 0 Å². The zero-order valence-electron chi connectivity index (χ0n) is 39.4. The molecule has 11 rings (SSSR count). The maximum atomic E-state index is 10.0. The van der Waals surface area contributed by atoms with Crippen LogP contribution in [0.5, 0.6) is 23.0 Å². The van der Waals surface area contributed by atoms with E-state index in [2.05, 4.69) is 49.2 Å². The van der Waals surface area contributed by atoms with E-state index in [4.69, 9.17) is 5.11 Å². The van der Waals surface area contributed by atoms with Gasteiger partial charge < -0.3 is 30.5 Å². The fourth-order valence-corrected chi connectivity index (χ4v) is 7.44. The first kappa shape index (κ1) is 58.5. The van der Waals surface area contributed by atoms with E-state index in [9.17, 15) is 25.2 Å². The van der Waals surface area contributed by atoms with Gasteiger partial charge in [0.15, 0.2) is 5.78 Å². The Morgan fingerprint density at radius 2 is 0.901 bits per heavy atom. The first-order chi connectivity index (χ1) is 32.9. The van der Waals surface area contributed by atoms with Gasteiger partial charge in [-0.2, -0.15) is 0 Å². The number of para-hydroxylation sites is 4. The third-order valence-electron chi connectivity index (χ3n) is 9.56. The van der Waals surface area contributed by atoms with Gasteiger partial charge in [0.1, 0.15) is 45.1 Å². The average Bonchev–Trinajstić information content (AvgIpc) is 3.79. The Bertz CT molecular complexity index is 3270. The Morgan fingerprint density at radius 3 is 1.30 bits per heavy atom. The van der Waals surface area contributed by atoms with Crippen LogP contribution in [-0.2, 0) is 63.9 Å². The number of phenolic OH excluding ortho intramolecular Hbond substituents is 4. The van der Waals surface area contributed by atoms with Crippen LogP contribution in [0.4, 0.5) is 0 Å². The zero-order chi connectivity index (χ0) is 48.4. The summed E-state index contributed by atoms with van der Waals surface area (Å²) < 4.78 is 1.26. The number of thiophene rings is 1. The number of aromatic nitrogens is 5. The molecule has 5 aromatic carbocycles. The molecule has 6 heterocycles. The van der Waals surface area contributed by atoms with Crippen molar-refractivity contribution < 1.29 is 89.4 Å². The summed E-state index contributed by atoms with van der Waals surface area (Å²) in [5.41, 5.74) is 5.52. The standard InChI is InChI=1S/C13H8NS.2C10H9NO.2C9H7NO.C5H8O2.Ir.2Zn/c1-2-7-12-10(5-1)9-13(15-12)11-6-3-4-8-14-11;2*1-7-5-6-8-3-2-4-9(12)10(8)11-7;2*11-8-5-1-3-7-4-2-6-10-9(7)8;1-4(6)3-5(2)7;;;/h1-8H;2*2-6,12H,1H3;2*1-6,11H;3,6H,1-2H3;;;/q-1;;;;;;;;. The number of carbonyl (C=O) groups excluding carboxylic acids is 1. The third-order valence-corrected chi connectivity index (χ3v) is 10.6. The number of ketones is 1. The van der Waals surface area contributed by atoms with E-state index >= 15 is 0 Å². The number of aliphatic hydroxyl groups excluding tert-OH is 1. The van der Waals surface area contributed by atoms with Crippen molar-refractivity contribution in [3.05, 3.63) is 212 Å². The second-order valence-corrected chi connectivity index (χ2v) is 16.0. The molecule has 6 aromatic heterocycles. The number of allylic oxidation sites excluding steroid dienone is 2.